The second-order valence-corrected chi connectivity index (χ2v) is 5.75. The SMILES string of the molecule is CCc1cccc(C)c1NC(=O)CNCCc1ccccc1OC. The van der Waals surface area contributed by atoms with Crippen molar-refractivity contribution in [3.8, 4) is 5.75 Å². The summed E-state index contributed by atoms with van der Waals surface area (Å²) in [5.74, 6) is 0.871. The molecule has 128 valence electrons. The standard InChI is InChI=1S/C20H26N2O2/c1-4-16-10-7-8-15(2)20(16)22-19(23)14-21-13-12-17-9-5-6-11-18(17)24-3/h5-11,21H,4,12-14H2,1-3H3,(H,22,23). The molecule has 0 bridgehead atoms. The Kier molecular flexibility index (Phi) is 6.82. The Labute approximate surface area is 144 Å². The maximum atomic E-state index is 12.2. The van der Waals surface area contributed by atoms with Crippen LogP contribution in [0.15, 0.2) is 42.5 Å². The Morgan fingerprint density at radius 2 is 1.83 bits per heavy atom. The molecule has 0 heterocycles. The van der Waals surface area contributed by atoms with Crippen LogP contribution in [0.2, 0.25) is 0 Å². The van der Waals surface area contributed by atoms with Gasteiger partial charge in [-0.3, -0.25) is 4.79 Å². The number of carbonyl (C=O) groups is 1. The van der Waals surface area contributed by atoms with Crippen molar-refractivity contribution in [1.29, 1.82) is 0 Å². The first-order valence-corrected chi connectivity index (χ1v) is 8.36. The fourth-order valence-corrected chi connectivity index (χ4v) is 2.72. The maximum Gasteiger partial charge on any atom is 0.238 e. The van der Waals surface area contributed by atoms with Crippen LogP contribution in [-0.4, -0.2) is 26.1 Å². The van der Waals surface area contributed by atoms with Crippen molar-refractivity contribution in [2.45, 2.75) is 26.7 Å². The summed E-state index contributed by atoms with van der Waals surface area (Å²) in [6, 6.07) is 14.0. The highest BCUT2D eigenvalue weighted by atomic mass is 16.5. The van der Waals surface area contributed by atoms with Crippen LogP contribution in [0.1, 0.15) is 23.6 Å². The molecule has 2 aromatic rings. The Balaban J connectivity index is 1.82. The summed E-state index contributed by atoms with van der Waals surface area (Å²) < 4.78 is 5.33. The largest absolute Gasteiger partial charge is 0.496 e. The van der Waals surface area contributed by atoms with Gasteiger partial charge in [-0.15, -0.1) is 0 Å². The van der Waals surface area contributed by atoms with Gasteiger partial charge < -0.3 is 15.4 Å². The third-order valence-corrected chi connectivity index (χ3v) is 4.05. The van der Waals surface area contributed by atoms with E-state index < -0.39 is 0 Å². The summed E-state index contributed by atoms with van der Waals surface area (Å²) in [7, 11) is 1.67. The number of ether oxygens (including phenoxy) is 1. The van der Waals surface area contributed by atoms with Gasteiger partial charge in [0.05, 0.1) is 13.7 Å². The number of para-hydroxylation sites is 2. The number of rotatable bonds is 8. The molecule has 24 heavy (non-hydrogen) atoms. The van der Waals surface area contributed by atoms with Gasteiger partial charge in [0.2, 0.25) is 5.91 Å². The summed E-state index contributed by atoms with van der Waals surface area (Å²) in [5.41, 5.74) is 4.34. The first kappa shape index (κ1) is 18.0. The lowest BCUT2D eigenvalue weighted by Crippen LogP contribution is -2.30. The highest BCUT2D eigenvalue weighted by Crippen LogP contribution is 2.21. The fourth-order valence-electron chi connectivity index (χ4n) is 2.72. The molecular weight excluding hydrogens is 300 g/mol. The summed E-state index contributed by atoms with van der Waals surface area (Å²) in [5, 5.41) is 6.22. The smallest absolute Gasteiger partial charge is 0.238 e. The van der Waals surface area contributed by atoms with E-state index in [2.05, 4.69) is 23.6 Å². The van der Waals surface area contributed by atoms with Crippen LogP contribution in [0, 0.1) is 6.92 Å². The quantitative estimate of drug-likeness (QED) is 0.732. The van der Waals surface area contributed by atoms with Crippen molar-refractivity contribution in [3.63, 3.8) is 0 Å². The van der Waals surface area contributed by atoms with Crippen molar-refractivity contribution in [3.05, 3.63) is 59.2 Å². The lowest BCUT2D eigenvalue weighted by atomic mass is 10.1. The average Bonchev–Trinajstić information content (AvgIpc) is 2.60. The van der Waals surface area contributed by atoms with Crippen LogP contribution in [0.5, 0.6) is 5.75 Å². The third kappa shape index (κ3) is 4.83. The lowest BCUT2D eigenvalue weighted by Gasteiger charge is -2.13. The van der Waals surface area contributed by atoms with E-state index in [1.54, 1.807) is 7.11 Å². The van der Waals surface area contributed by atoms with E-state index in [1.165, 1.54) is 0 Å². The third-order valence-electron chi connectivity index (χ3n) is 4.05. The topological polar surface area (TPSA) is 50.4 Å². The Morgan fingerprint density at radius 3 is 2.58 bits per heavy atom. The molecule has 0 radical (unpaired) electrons. The molecule has 2 N–H and O–H groups in total. The van der Waals surface area contributed by atoms with Crippen molar-refractivity contribution in [2.75, 3.05) is 25.5 Å². The number of benzene rings is 2. The van der Waals surface area contributed by atoms with Gasteiger partial charge in [0.15, 0.2) is 0 Å². The van der Waals surface area contributed by atoms with Crippen LogP contribution < -0.4 is 15.4 Å². The highest BCUT2D eigenvalue weighted by Gasteiger charge is 2.08. The molecule has 0 aliphatic heterocycles. The molecule has 4 nitrogen and oxygen atoms in total. The van der Waals surface area contributed by atoms with Crippen LogP contribution >= 0.6 is 0 Å². The second kappa shape index (κ2) is 9.08. The number of amides is 1. The van der Waals surface area contributed by atoms with Crippen LogP contribution in [0.4, 0.5) is 5.69 Å². The number of nitrogens with one attached hydrogen (secondary N) is 2. The van der Waals surface area contributed by atoms with Gasteiger partial charge in [-0.1, -0.05) is 43.3 Å². The zero-order chi connectivity index (χ0) is 17.4. The normalized spacial score (nSPS) is 10.5. The summed E-state index contributed by atoms with van der Waals surface area (Å²) >= 11 is 0. The van der Waals surface area contributed by atoms with Gasteiger partial charge in [-0.05, 0) is 49.1 Å². The first-order valence-electron chi connectivity index (χ1n) is 8.36. The van der Waals surface area contributed by atoms with E-state index in [-0.39, 0.29) is 5.91 Å². The highest BCUT2D eigenvalue weighted by molar-refractivity contribution is 5.93. The van der Waals surface area contributed by atoms with Gasteiger partial charge >= 0.3 is 0 Å². The van der Waals surface area contributed by atoms with E-state index in [4.69, 9.17) is 4.74 Å². The number of anilines is 1. The molecule has 4 heteroatoms. The molecule has 0 unspecified atom stereocenters. The zero-order valence-electron chi connectivity index (χ0n) is 14.7. The monoisotopic (exact) mass is 326 g/mol. The van der Waals surface area contributed by atoms with Gasteiger partial charge in [0.1, 0.15) is 5.75 Å². The van der Waals surface area contributed by atoms with Gasteiger partial charge in [0.25, 0.3) is 0 Å². The fraction of sp³-hybridized carbons (Fsp3) is 0.350. The zero-order valence-corrected chi connectivity index (χ0v) is 14.7. The van der Waals surface area contributed by atoms with Crippen LogP contribution in [-0.2, 0) is 17.6 Å². The number of methoxy groups -OCH3 is 1. The van der Waals surface area contributed by atoms with Crippen molar-refractivity contribution in [2.24, 2.45) is 0 Å². The molecule has 0 aromatic heterocycles. The van der Waals surface area contributed by atoms with E-state index in [0.717, 1.165) is 47.5 Å². The second-order valence-electron chi connectivity index (χ2n) is 5.75. The Morgan fingerprint density at radius 1 is 1.08 bits per heavy atom. The maximum absolute atomic E-state index is 12.2. The number of hydrogen-bond donors (Lipinski definition) is 2. The molecule has 0 fully saturated rings. The van der Waals surface area contributed by atoms with Crippen LogP contribution in [0.3, 0.4) is 0 Å². The van der Waals surface area contributed by atoms with Crippen molar-refractivity contribution in [1.82, 2.24) is 5.32 Å². The predicted octanol–water partition coefficient (Wildman–Crippen LogP) is 3.34. The minimum absolute atomic E-state index is 0.0148. The first-order chi connectivity index (χ1) is 11.7. The number of aryl methyl sites for hydroxylation is 2. The molecule has 0 atom stereocenters. The molecule has 2 rings (SSSR count). The summed E-state index contributed by atoms with van der Waals surface area (Å²) in [4.78, 5) is 12.2. The molecule has 1 amide bonds. The molecule has 0 aliphatic rings. The number of hydrogen-bond acceptors (Lipinski definition) is 3. The van der Waals surface area contributed by atoms with Gasteiger partial charge in [-0.2, -0.15) is 0 Å². The van der Waals surface area contributed by atoms with Gasteiger partial charge in [-0.25, -0.2) is 0 Å². The lowest BCUT2D eigenvalue weighted by molar-refractivity contribution is -0.115. The summed E-state index contributed by atoms with van der Waals surface area (Å²) in [6.07, 6.45) is 1.72. The molecule has 2 aromatic carbocycles. The van der Waals surface area contributed by atoms with E-state index >= 15 is 0 Å². The number of carbonyl (C=O) groups excluding carboxylic acids is 1. The average molecular weight is 326 g/mol. The van der Waals surface area contributed by atoms with E-state index in [9.17, 15) is 4.79 Å². The minimum Gasteiger partial charge on any atom is -0.496 e. The molecular formula is C20H26N2O2. The Hall–Kier alpha value is -2.33. The summed E-state index contributed by atoms with van der Waals surface area (Å²) in [6.45, 7) is 5.13. The molecule has 0 aliphatic carbocycles. The van der Waals surface area contributed by atoms with Crippen molar-refractivity contribution < 1.29 is 9.53 Å². The van der Waals surface area contributed by atoms with Gasteiger partial charge in [0, 0.05) is 5.69 Å². The van der Waals surface area contributed by atoms with E-state index in [0.29, 0.717) is 6.54 Å². The van der Waals surface area contributed by atoms with E-state index in [1.807, 2.05) is 43.3 Å². The molecule has 0 saturated heterocycles. The van der Waals surface area contributed by atoms with Crippen LogP contribution in [0.25, 0.3) is 0 Å². The predicted molar refractivity (Wildman–Crippen MR) is 98.8 cm³/mol. The molecule has 0 spiro atoms. The minimum atomic E-state index is -0.0148. The van der Waals surface area contributed by atoms with Crippen molar-refractivity contribution >= 4 is 11.6 Å². The Bertz CT molecular complexity index is 683. The molecule has 0 saturated carbocycles.